The van der Waals surface area contributed by atoms with Gasteiger partial charge in [-0.25, -0.2) is 4.79 Å². The van der Waals surface area contributed by atoms with Crippen LogP contribution < -0.4 is 5.32 Å². The van der Waals surface area contributed by atoms with E-state index in [9.17, 15) is 14.4 Å². The van der Waals surface area contributed by atoms with Crippen molar-refractivity contribution < 1.29 is 19.1 Å². The molecule has 3 aliphatic rings. The van der Waals surface area contributed by atoms with Crippen LogP contribution in [-0.4, -0.2) is 64.5 Å². The molecule has 7 nitrogen and oxygen atoms in total. The Bertz CT molecular complexity index is 534. The van der Waals surface area contributed by atoms with Gasteiger partial charge in [-0.05, 0) is 40.0 Å². The summed E-state index contributed by atoms with van der Waals surface area (Å²) in [5.74, 6) is -0.407. The van der Waals surface area contributed by atoms with E-state index < -0.39 is 5.60 Å². The van der Waals surface area contributed by atoms with Crippen LogP contribution in [0.5, 0.6) is 0 Å². The predicted molar refractivity (Wildman–Crippen MR) is 82.6 cm³/mol. The normalized spacial score (nSPS) is 27.8. The second-order valence-electron chi connectivity index (χ2n) is 7.83. The first-order valence-electron chi connectivity index (χ1n) is 8.29. The first-order chi connectivity index (χ1) is 10.7. The van der Waals surface area contributed by atoms with E-state index in [0.717, 1.165) is 12.8 Å². The van der Waals surface area contributed by atoms with E-state index in [4.69, 9.17) is 4.74 Å². The first-order valence-corrected chi connectivity index (χ1v) is 8.29. The molecule has 1 N–H and O–H groups in total. The van der Waals surface area contributed by atoms with Crippen molar-refractivity contribution in [3.63, 3.8) is 0 Å². The van der Waals surface area contributed by atoms with Gasteiger partial charge in [-0.2, -0.15) is 0 Å². The second-order valence-corrected chi connectivity index (χ2v) is 7.83. The van der Waals surface area contributed by atoms with Crippen LogP contribution in [0.25, 0.3) is 0 Å². The van der Waals surface area contributed by atoms with E-state index in [1.54, 1.807) is 0 Å². The quantitative estimate of drug-likeness (QED) is 0.725. The summed E-state index contributed by atoms with van der Waals surface area (Å²) in [6, 6.07) is -0.251. The van der Waals surface area contributed by atoms with Gasteiger partial charge in [0.25, 0.3) is 0 Å². The highest BCUT2D eigenvalue weighted by Crippen LogP contribution is 2.40. The molecule has 0 aromatic carbocycles. The Morgan fingerprint density at radius 3 is 2.61 bits per heavy atom. The summed E-state index contributed by atoms with van der Waals surface area (Å²) in [5.41, 5.74) is -0.710. The summed E-state index contributed by atoms with van der Waals surface area (Å²) in [6.45, 7) is 7.66. The van der Waals surface area contributed by atoms with E-state index in [-0.39, 0.29) is 29.5 Å². The molecule has 0 bridgehead atoms. The molecule has 1 atom stereocenters. The van der Waals surface area contributed by atoms with E-state index in [0.29, 0.717) is 32.5 Å². The standard InChI is InChI=1S/C16H25N3O4/c1-15(2,3)23-14(22)19-8-4-7-16(19)9-18(10-16)11-5-6-12(20)17-13(11)21/h11H,4-10H2,1-3H3,(H,17,20,21). The number of rotatable bonds is 1. The average Bonchev–Trinajstić information content (AvgIpc) is 2.80. The molecule has 0 radical (unpaired) electrons. The van der Waals surface area contributed by atoms with Gasteiger partial charge < -0.3 is 4.74 Å². The number of nitrogens with one attached hydrogen (secondary N) is 1. The Hall–Kier alpha value is -1.63. The van der Waals surface area contributed by atoms with Crippen molar-refractivity contribution in [3.05, 3.63) is 0 Å². The molecule has 3 saturated heterocycles. The Morgan fingerprint density at radius 1 is 1.30 bits per heavy atom. The van der Waals surface area contributed by atoms with E-state index >= 15 is 0 Å². The average molecular weight is 323 g/mol. The number of nitrogens with zero attached hydrogens (tertiary/aromatic N) is 2. The van der Waals surface area contributed by atoms with Crippen LogP contribution in [0.3, 0.4) is 0 Å². The van der Waals surface area contributed by atoms with Gasteiger partial charge in [-0.15, -0.1) is 0 Å². The van der Waals surface area contributed by atoms with Crippen molar-refractivity contribution in [2.24, 2.45) is 0 Å². The number of ether oxygens (including phenoxy) is 1. The fourth-order valence-corrected chi connectivity index (χ4v) is 3.83. The molecular formula is C16H25N3O4. The minimum atomic E-state index is -0.506. The third kappa shape index (κ3) is 3.06. The minimum absolute atomic E-state index is 0.197. The Balaban J connectivity index is 1.62. The Kier molecular flexibility index (Phi) is 3.86. The lowest BCUT2D eigenvalue weighted by molar-refractivity contribution is -0.142. The van der Waals surface area contributed by atoms with Crippen molar-refractivity contribution >= 4 is 17.9 Å². The fraction of sp³-hybridized carbons (Fsp3) is 0.812. The lowest BCUT2D eigenvalue weighted by Gasteiger charge is -2.55. The molecule has 1 unspecified atom stereocenters. The van der Waals surface area contributed by atoms with Crippen molar-refractivity contribution in [1.29, 1.82) is 0 Å². The van der Waals surface area contributed by atoms with Crippen LogP contribution >= 0.6 is 0 Å². The zero-order chi connectivity index (χ0) is 16.8. The van der Waals surface area contributed by atoms with Crippen LogP contribution in [0.2, 0.25) is 0 Å². The largest absolute Gasteiger partial charge is 0.444 e. The van der Waals surface area contributed by atoms with E-state index in [1.807, 2.05) is 25.7 Å². The van der Waals surface area contributed by atoms with Crippen LogP contribution in [0.1, 0.15) is 46.5 Å². The van der Waals surface area contributed by atoms with Crippen molar-refractivity contribution in [2.45, 2.75) is 63.6 Å². The molecule has 23 heavy (non-hydrogen) atoms. The number of imide groups is 1. The summed E-state index contributed by atoms with van der Waals surface area (Å²) < 4.78 is 5.51. The Labute approximate surface area is 136 Å². The lowest BCUT2D eigenvalue weighted by Crippen LogP contribution is -2.73. The molecule has 0 aromatic rings. The monoisotopic (exact) mass is 323 g/mol. The van der Waals surface area contributed by atoms with Crippen molar-refractivity contribution in [3.8, 4) is 0 Å². The maximum atomic E-state index is 12.4. The molecule has 0 aromatic heterocycles. The molecule has 3 fully saturated rings. The number of hydrogen-bond donors (Lipinski definition) is 1. The molecule has 3 heterocycles. The maximum absolute atomic E-state index is 12.4. The molecule has 3 aliphatic heterocycles. The number of piperidine rings is 1. The molecule has 1 spiro atoms. The first kappa shape index (κ1) is 16.2. The van der Waals surface area contributed by atoms with Crippen LogP contribution in [-0.2, 0) is 14.3 Å². The van der Waals surface area contributed by atoms with Gasteiger partial charge in [-0.1, -0.05) is 0 Å². The van der Waals surface area contributed by atoms with Gasteiger partial charge >= 0.3 is 6.09 Å². The number of likely N-dealkylation sites (tertiary alicyclic amines) is 2. The molecular weight excluding hydrogens is 298 g/mol. The van der Waals surface area contributed by atoms with E-state index in [1.165, 1.54) is 0 Å². The lowest BCUT2D eigenvalue weighted by atomic mass is 9.84. The SMILES string of the molecule is CC(C)(C)OC(=O)N1CCCC12CN(C1CCC(=O)NC1=O)C2. The highest BCUT2D eigenvalue weighted by Gasteiger charge is 2.55. The van der Waals surface area contributed by atoms with Gasteiger partial charge in [0.05, 0.1) is 11.6 Å². The molecule has 128 valence electrons. The maximum Gasteiger partial charge on any atom is 0.410 e. The van der Waals surface area contributed by atoms with Crippen LogP contribution in [0.4, 0.5) is 4.79 Å². The topological polar surface area (TPSA) is 79.0 Å². The number of amides is 3. The molecule has 3 rings (SSSR count). The minimum Gasteiger partial charge on any atom is -0.444 e. The highest BCUT2D eigenvalue weighted by molar-refractivity contribution is 6.00. The third-order valence-electron chi connectivity index (χ3n) is 4.86. The smallest absolute Gasteiger partial charge is 0.410 e. The number of hydrogen-bond acceptors (Lipinski definition) is 5. The molecule has 0 saturated carbocycles. The van der Waals surface area contributed by atoms with Crippen molar-refractivity contribution in [2.75, 3.05) is 19.6 Å². The fourth-order valence-electron chi connectivity index (χ4n) is 3.83. The van der Waals surface area contributed by atoms with Crippen LogP contribution in [0, 0.1) is 0 Å². The van der Waals surface area contributed by atoms with Crippen molar-refractivity contribution in [1.82, 2.24) is 15.1 Å². The summed E-state index contributed by atoms with van der Waals surface area (Å²) >= 11 is 0. The molecule has 0 aliphatic carbocycles. The van der Waals surface area contributed by atoms with E-state index in [2.05, 4.69) is 10.2 Å². The van der Waals surface area contributed by atoms with Gasteiger partial charge in [0, 0.05) is 26.1 Å². The van der Waals surface area contributed by atoms with Crippen LogP contribution in [0.15, 0.2) is 0 Å². The summed E-state index contributed by atoms with van der Waals surface area (Å²) in [7, 11) is 0. The summed E-state index contributed by atoms with van der Waals surface area (Å²) in [6.07, 6.45) is 2.58. The second kappa shape index (κ2) is 5.47. The number of carbonyl (C=O) groups is 3. The predicted octanol–water partition coefficient (Wildman–Crippen LogP) is 0.877. The highest BCUT2D eigenvalue weighted by atomic mass is 16.6. The van der Waals surface area contributed by atoms with Gasteiger partial charge in [0.15, 0.2) is 0 Å². The van der Waals surface area contributed by atoms with Gasteiger partial charge in [0.1, 0.15) is 5.60 Å². The molecule has 7 heteroatoms. The molecule has 3 amide bonds. The summed E-state index contributed by atoms with van der Waals surface area (Å²) in [4.78, 5) is 39.5. The third-order valence-corrected chi connectivity index (χ3v) is 4.86. The van der Waals surface area contributed by atoms with Gasteiger partial charge in [0.2, 0.25) is 11.8 Å². The summed E-state index contributed by atoms with van der Waals surface area (Å²) in [5, 5.41) is 2.40. The zero-order valence-electron chi connectivity index (χ0n) is 14.1. The number of carbonyl (C=O) groups excluding carboxylic acids is 3. The zero-order valence-corrected chi connectivity index (χ0v) is 14.1. The Morgan fingerprint density at radius 2 is 2.00 bits per heavy atom. The van der Waals surface area contributed by atoms with Gasteiger partial charge in [-0.3, -0.25) is 24.7 Å².